The number of H-pyrrole nitrogens is 2. The third kappa shape index (κ3) is 2.58. The zero-order valence-electron chi connectivity index (χ0n) is 17.5. The van der Waals surface area contributed by atoms with E-state index in [4.69, 9.17) is 4.74 Å². The van der Waals surface area contributed by atoms with E-state index in [1.807, 2.05) is 42.7 Å². The predicted molar refractivity (Wildman–Crippen MR) is 123 cm³/mol. The molecule has 7 heteroatoms. The number of hydrogen-bond acceptors (Lipinski definition) is 4. The van der Waals surface area contributed by atoms with E-state index in [9.17, 15) is 15.3 Å². The summed E-state index contributed by atoms with van der Waals surface area (Å²) in [5.74, 6) is 0.724. The van der Waals surface area contributed by atoms with Gasteiger partial charge < -0.3 is 29.6 Å². The van der Waals surface area contributed by atoms with Crippen molar-refractivity contribution in [2.24, 2.45) is 5.92 Å². The van der Waals surface area contributed by atoms with Crippen molar-refractivity contribution in [3.63, 3.8) is 0 Å². The molecular formula is C25H23N3O4. The summed E-state index contributed by atoms with van der Waals surface area (Å²) in [5.41, 5.74) is 5.89. The highest BCUT2D eigenvalue weighted by Gasteiger charge is 2.28. The summed E-state index contributed by atoms with van der Waals surface area (Å²) in [5, 5.41) is 33.3. The van der Waals surface area contributed by atoms with Gasteiger partial charge in [0.2, 0.25) is 0 Å². The lowest BCUT2D eigenvalue weighted by atomic mass is 9.93. The number of rotatable bonds is 4. The Morgan fingerprint density at radius 1 is 1.06 bits per heavy atom. The molecule has 4 heterocycles. The van der Waals surface area contributed by atoms with Crippen LogP contribution in [0.25, 0.3) is 44.1 Å². The van der Waals surface area contributed by atoms with Crippen LogP contribution in [0.3, 0.4) is 0 Å². The molecule has 0 bridgehead atoms. The monoisotopic (exact) mass is 429 g/mol. The fourth-order valence-corrected chi connectivity index (χ4v) is 5.16. The summed E-state index contributed by atoms with van der Waals surface area (Å²) in [6.07, 6.45) is 4.67. The number of aliphatic hydroxyl groups is 1. The number of hydrogen-bond donors (Lipinski definition) is 5. The average Bonchev–Trinajstić information content (AvgIpc) is 3.46. The van der Waals surface area contributed by atoms with Crippen molar-refractivity contribution >= 4 is 21.8 Å². The molecule has 2 aromatic carbocycles. The van der Waals surface area contributed by atoms with Gasteiger partial charge in [0.25, 0.3) is 0 Å². The lowest BCUT2D eigenvalue weighted by Gasteiger charge is -2.22. The normalized spacial score (nSPS) is 15.6. The third-order valence-corrected chi connectivity index (χ3v) is 6.59. The number of aliphatic hydroxyl groups excluding tert-OH is 1. The minimum absolute atomic E-state index is 0.0808. The van der Waals surface area contributed by atoms with Crippen LogP contribution in [0.15, 0.2) is 48.8 Å². The van der Waals surface area contributed by atoms with Crippen LogP contribution in [0, 0.1) is 5.92 Å². The van der Waals surface area contributed by atoms with Crippen LogP contribution < -0.4 is 4.74 Å². The molecule has 1 aliphatic heterocycles. The first kappa shape index (κ1) is 18.9. The number of benzene rings is 2. The summed E-state index contributed by atoms with van der Waals surface area (Å²) in [6, 6.07) is 11.8. The van der Waals surface area contributed by atoms with E-state index in [1.54, 1.807) is 7.11 Å². The van der Waals surface area contributed by atoms with Crippen LogP contribution >= 0.6 is 0 Å². The van der Waals surface area contributed by atoms with Gasteiger partial charge in [0.1, 0.15) is 5.75 Å². The van der Waals surface area contributed by atoms with Crippen molar-refractivity contribution in [2.75, 3.05) is 13.7 Å². The number of para-hydroxylation sites is 1. The first-order chi connectivity index (χ1) is 15.6. The molecular weight excluding hydrogens is 406 g/mol. The van der Waals surface area contributed by atoms with E-state index in [2.05, 4.69) is 20.6 Å². The minimum Gasteiger partial charge on any atom is -0.497 e. The molecule has 7 nitrogen and oxygen atoms in total. The van der Waals surface area contributed by atoms with E-state index >= 15 is 0 Å². The molecule has 0 amide bonds. The molecule has 0 aliphatic carbocycles. The highest BCUT2D eigenvalue weighted by molar-refractivity contribution is 6.08. The second-order valence-electron chi connectivity index (χ2n) is 8.45. The maximum atomic E-state index is 10.8. The summed E-state index contributed by atoms with van der Waals surface area (Å²) in [7, 11) is 1.62. The lowest BCUT2D eigenvalue weighted by Crippen LogP contribution is -2.21. The Kier molecular flexibility index (Phi) is 4.03. The summed E-state index contributed by atoms with van der Waals surface area (Å²) in [4.78, 5) is 5.96. The molecule has 0 spiro atoms. The van der Waals surface area contributed by atoms with Gasteiger partial charge in [-0.1, -0.05) is 18.2 Å². The van der Waals surface area contributed by atoms with Crippen molar-refractivity contribution in [2.45, 2.75) is 13.0 Å². The van der Waals surface area contributed by atoms with Gasteiger partial charge in [0, 0.05) is 64.9 Å². The average molecular weight is 429 g/mol. The Bertz CT molecular complexity index is 1490. The first-order valence-electron chi connectivity index (χ1n) is 10.6. The van der Waals surface area contributed by atoms with Gasteiger partial charge in [-0.3, -0.25) is 4.98 Å². The van der Waals surface area contributed by atoms with Crippen molar-refractivity contribution < 1.29 is 20.1 Å². The molecule has 5 N–H and O–H groups in total. The van der Waals surface area contributed by atoms with Gasteiger partial charge in [-0.05, 0) is 24.1 Å². The third-order valence-electron chi connectivity index (χ3n) is 6.59. The lowest BCUT2D eigenvalue weighted by molar-refractivity contribution is 0.208. The molecule has 0 saturated heterocycles. The van der Waals surface area contributed by atoms with Crippen molar-refractivity contribution in [1.82, 2.24) is 14.5 Å². The Balaban J connectivity index is 1.61. The van der Waals surface area contributed by atoms with Crippen LogP contribution in [0.5, 0.6) is 17.5 Å². The number of aromatic nitrogens is 3. The Labute approximate surface area is 183 Å². The maximum absolute atomic E-state index is 10.8. The number of ether oxygens (including phenoxy) is 1. The van der Waals surface area contributed by atoms with Crippen molar-refractivity contribution in [3.05, 3.63) is 54.4 Å². The zero-order valence-corrected chi connectivity index (χ0v) is 17.5. The number of aromatic hydroxyl groups is 2. The summed E-state index contributed by atoms with van der Waals surface area (Å²) in [6.45, 7) is 0.840. The molecule has 3 aromatic heterocycles. The second-order valence-corrected chi connectivity index (χ2v) is 8.45. The minimum atomic E-state index is -0.0885. The van der Waals surface area contributed by atoms with E-state index in [1.165, 1.54) is 5.56 Å². The summed E-state index contributed by atoms with van der Waals surface area (Å²) < 4.78 is 7.47. The van der Waals surface area contributed by atoms with Gasteiger partial charge in [0.15, 0.2) is 11.8 Å². The second kappa shape index (κ2) is 6.83. The van der Waals surface area contributed by atoms with Crippen LogP contribution in [0.4, 0.5) is 0 Å². The molecule has 1 unspecified atom stereocenters. The van der Waals surface area contributed by atoms with Crippen molar-refractivity contribution in [3.8, 4) is 39.8 Å². The van der Waals surface area contributed by atoms with Crippen LogP contribution in [0.1, 0.15) is 5.56 Å². The molecule has 0 saturated carbocycles. The number of nitrogens with one attached hydrogen (secondary N) is 2. The Morgan fingerprint density at radius 3 is 2.66 bits per heavy atom. The smallest absolute Gasteiger partial charge is 0.200 e. The van der Waals surface area contributed by atoms with E-state index < -0.39 is 0 Å². The highest BCUT2D eigenvalue weighted by atomic mass is 16.5. The molecule has 1 aliphatic rings. The molecule has 32 heavy (non-hydrogen) atoms. The Hall–Kier alpha value is -3.84. The van der Waals surface area contributed by atoms with Gasteiger partial charge in [-0.25, -0.2) is 0 Å². The van der Waals surface area contributed by atoms with Crippen LogP contribution in [-0.4, -0.2) is 43.6 Å². The van der Waals surface area contributed by atoms with Crippen LogP contribution in [-0.2, 0) is 13.0 Å². The number of nitrogens with zero attached hydrogens (tertiary/aromatic N) is 1. The van der Waals surface area contributed by atoms with E-state index in [0.29, 0.717) is 17.7 Å². The SMILES string of the molecule is COc1ccc2c(-c3c(O)[nH]c(O)c3-c3cn4c5c(cccc35)CC(CO)C4)c[nH]c2c1. The van der Waals surface area contributed by atoms with Gasteiger partial charge in [-0.15, -0.1) is 0 Å². The number of aromatic amines is 2. The molecule has 1 atom stereocenters. The first-order valence-corrected chi connectivity index (χ1v) is 10.6. The largest absolute Gasteiger partial charge is 0.497 e. The highest BCUT2D eigenvalue weighted by Crippen LogP contribution is 2.49. The topological polar surface area (TPSA) is 106 Å². The van der Waals surface area contributed by atoms with Crippen LogP contribution in [0.2, 0.25) is 0 Å². The fraction of sp³-hybridized carbons (Fsp3) is 0.200. The van der Waals surface area contributed by atoms with Gasteiger partial charge >= 0.3 is 0 Å². The molecule has 0 fully saturated rings. The Morgan fingerprint density at radius 2 is 1.88 bits per heavy atom. The van der Waals surface area contributed by atoms with Crippen molar-refractivity contribution in [1.29, 1.82) is 0 Å². The predicted octanol–water partition coefficient (Wildman–Crippen LogP) is 4.37. The molecule has 6 rings (SSSR count). The quantitative estimate of drug-likeness (QED) is 0.292. The fourth-order valence-electron chi connectivity index (χ4n) is 5.16. The standard InChI is InChI=1S/C25H23N3O4/c1-32-15-5-6-16-18(9-26-20(16)8-15)21-22(25(31)27-24(21)30)19-11-28-10-13(12-29)7-14-3-2-4-17(19)23(14)28/h2-6,8-9,11,13,26-27,29-31H,7,10,12H2,1H3. The number of methoxy groups -OCH3 is 1. The van der Waals surface area contributed by atoms with E-state index in [0.717, 1.165) is 45.1 Å². The van der Waals surface area contributed by atoms with Gasteiger partial charge in [0.05, 0.1) is 23.8 Å². The number of fused-ring (bicyclic) bond motifs is 1. The molecule has 5 aromatic rings. The van der Waals surface area contributed by atoms with Gasteiger partial charge in [-0.2, -0.15) is 0 Å². The maximum Gasteiger partial charge on any atom is 0.200 e. The molecule has 0 radical (unpaired) electrons. The van der Waals surface area contributed by atoms with E-state index in [-0.39, 0.29) is 24.3 Å². The molecule has 162 valence electrons. The zero-order chi connectivity index (χ0) is 22.0. The summed E-state index contributed by atoms with van der Waals surface area (Å²) >= 11 is 0.